The topological polar surface area (TPSA) is 409 Å². The Balaban J connectivity index is 1.04. The van der Waals surface area contributed by atoms with Gasteiger partial charge in [0.1, 0.15) is 89.2 Å². The van der Waals surface area contributed by atoms with Crippen LogP contribution >= 0.6 is 23.2 Å². The maximum absolute atomic E-state index is 15.9. The van der Waals surface area contributed by atoms with Gasteiger partial charge in [-0.05, 0) is 118 Å². The van der Waals surface area contributed by atoms with Crippen molar-refractivity contribution in [1.82, 2.24) is 37.2 Å². The van der Waals surface area contributed by atoms with Crippen LogP contribution < -0.4 is 51.4 Å². The van der Waals surface area contributed by atoms with Crippen LogP contribution in [0.2, 0.25) is 10.0 Å². The zero-order valence-electron chi connectivity index (χ0n) is 49.6. The molecule has 96 heavy (non-hydrogen) atoms. The van der Waals surface area contributed by atoms with Gasteiger partial charge in [0.05, 0.1) is 17.2 Å². The number of aliphatic hydroxyl groups excluding tert-OH is 1. The number of hydrogen-bond donors (Lipinski definition) is 14. The van der Waals surface area contributed by atoms with Crippen LogP contribution in [0.5, 0.6) is 69.0 Å². The molecule has 0 saturated carbocycles. The van der Waals surface area contributed by atoms with Crippen LogP contribution in [0.4, 0.5) is 4.79 Å². The largest absolute Gasteiger partial charge is 0.508 e. The molecule has 8 atom stereocenters. The lowest BCUT2D eigenvalue weighted by molar-refractivity contribution is -0.146. The first-order valence-corrected chi connectivity index (χ1v) is 29.8. The molecular weight excluding hydrogens is 1290 g/mol. The molecule has 0 unspecified atom stereocenters. The van der Waals surface area contributed by atoms with E-state index < -0.39 is 154 Å². The summed E-state index contributed by atoms with van der Waals surface area (Å²) in [7, 11) is 0.960. The molecule has 27 nitrogen and oxygen atoms in total. The number of carbonyl (C=O) groups excluding carboxylic acids is 8. The van der Waals surface area contributed by atoms with Gasteiger partial charge in [-0.2, -0.15) is 0 Å². The highest BCUT2D eigenvalue weighted by molar-refractivity contribution is 6.32. The number of phenols is 6. The van der Waals surface area contributed by atoms with Gasteiger partial charge in [-0.15, -0.1) is 0 Å². The van der Waals surface area contributed by atoms with Crippen molar-refractivity contribution in [3.05, 3.63) is 200 Å². The van der Waals surface area contributed by atoms with Gasteiger partial charge in [-0.3, -0.25) is 28.8 Å². The Hall–Kier alpha value is -11.9. The molecule has 8 aromatic carbocycles. The molecule has 6 aliphatic heterocycles. The molecular formula is C67H53Cl2N7O20. The second-order valence-corrected chi connectivity index (χ2v) is 23.3. The number of esters is 1. The number of halogens is 2. The molecule has 490 valence electrons. The number of methoxy groups -OCH3 is 1. The summed E-state index contributed by atoms with van der Waals surface area (Å²) in [5.41, 5.74) is -1.39. The minimum atomic E-state index is -2.20. The molecule has 0 aromatic heterocycles. The van der Waals surface area contributed by atoms with Crippen LogP contribution in [-0.4, -0.2) is 102 Å². The molecule has 0 aliphatic carbocycles. The van der Waals surface area contributed by atoms with E-state index in [2.05, 4.69) is 37.2 Å². The van der Waals surface area contributed by atoms with Crippen LogP contribution in [0.1, 0.15) is 80.8 Å². The van der Waals surface area contributed by atoms with E-state index in [1.807, 2.05) is 0 Å². The van der Waals surface area contributed by atoms with Crippen LogP contribution in [0.25, 0.3) is 11.1 Å². The Bertz CT molecular complexity index is 4560. The first-order chi connectivity index (χ1) is 46.0. The molecule has 29 heteroatoms. The van der Waals surface area contributed by atoms with E-state index in [0.29, 0.717) is 5.56 Å². The summed E-state index contributed by atoms with van der Waals surface area (Å²) in [6.07, 6.45) is -3.64. The third-order valence-electron chi connectivity index (χ3n) is 16.1. The minimum absolute atomic E-state index is 0.0134. The third kappa shape index (κ3) is 13.1. The van der Waals surface area contributed by atoms with Crippen LogP contribution in [-0.2, 0) is 56.1 Å². The Morgan fingerprint density at radius 2 is 1.14 bits per heavy atom. The number of fused-ring (bicyclic) bond motifs is 14. The van der Waals surface area contributed by atoms with Crippen LogP contribution in [0, 0.1) is 0 Å². The average molecular weight is 1350 g/mol. The number of aromatic hydroxyl groups is 6. The molecule has 17 bridgehead atoms. The predicted octanol–water partition coefficient (Wildman–Crippen LogP) is 7.04. The summed E-state index contributed by atoms with van der Waals surface area (Å²) in [6, 6.07) is 16.5. The smallest absolute Gasteiger partial charge is 0.408 e. The Labute approximate surface area is 552 Å². The van der Waals surface area contributed by atoms with E-state index in [1.165, 1.54) is 48.5 Å². The first-order valence-electron chi connectivity index (χ1n) is 29.1. The number of rotatable bonds is 4. The molecule has 0 spiro atoms. The fraction of sp³-hybridized carbons (Fsp3) is 0.164. The molecule has 0 radical (unpaired) electrons. The monoisotopic (exact) mass is 1350 g/mol. The summed E-state index contributed by atoms with van der Waals surface area (Å²) in [6.45, 7) is -0.234. The van der Waals surface area contributed by atoms with Crippen molar-refractivity contribution >= 4 is 70.7 Å². The summed E-state index contributed by atoms with van der Waals surface area (Å²) in [4.78, 5) is 119. The minimum Gasteiger partial charge on any atom is -0.508 e. The highest BCUT2D eigenvalue weighted by Crippen LogP contribution is 2.48. The summed E-state index contributed by atoms with van der Waals surface area (Å²) in [5.74, 6) is -14.7. The fourth-order valence-corrected chi connectivity index (χ4v) is 11.8. The van der Waals surface area contributed by atoms with E-state index in [9.17, 15) is 54.9 Å². The Morgan fingerprint density at radius 1 is 0.531 bits per heavy atom. The molecule has 7 amide bonds. The molecule has 8 aromatic rings. The normalized spacial score (nSPS) is 20.7. The lowest BCUT2D eigenvalue weighted by Crippen LogP contribution is -2.55. The van der Waals surface area contributed by atoms with Crippen LogP contribution in [0.3, 0.4) is 0 Å². The molecule has 0 fully saturated rings. The van der Waals surface area contributed by atoms with Crippen molar-refractivity contribution < 1.29 is 97.8 Å². The Kier molecular flexibility index (Phi) is 17.5. The van der Waals surface area contributed by atoms with E-state index in [0.717, 1.165) is 73.8 Å². The number of aliphatic hydroxyl groups is 1. The SMILES string of the molecule is COC(=O)[C@@H]1NC(=O)[C@H]2NC(=O)[C@H](NC(=O)[C@@H]3NC(=O)[C@H]4NC(=O)[C@@H](Cc5ccc(c(Cl)c5)Oc5cc3cc(c5O)Oc3ccc(cc3Cl)[C@H]2O)NC(=O)[C@@H](NC(=O)OCc2ccccc2)c2ccc(O)c(c2)Oc2cc(O)cc4c2)c2ccc(O)c(c2)-c2c(O)cc(O)cc21. The van der Waals surface area contributed by atoms with Gasteiger partial charge in [0.2, 0.25) is 41.2 Å². The molecule has 0 saturated heterocycles. The quantitative estimate of drug-likeness (QED) is 0.0785. The number of alkyl carbamates (subject to hydrolysis) is 1. The molecule has 14 rings (SSSR count). The second-order valence-electron chi connectivity index (χ2n) is 22.4. The van der Waals surface area contributed by atoms with Gasteiger partial charge in [0.25, 0.3) is 0 Å². The standard InChI is InChI=1S/C67H53Cl2N7O20/c1-92-66(90)56-39-25-36(78)26-45(81)51(39)38-19-30(8-11-43(38)79)52-62(86)75-57(65(89)74-56)58(82)32-10-14-47(41(69)20-32)96-50-23-34-22-49(59(50)83)95-46-13-7-29(15-40(46)68)16-42-60(84)71-54(63(87)73-55(34)64(88)72-52)33-17-35(77)24-37(18-33)94-48-21-31(9-12-44(48)80)53(61(85)70-42)76-67(91)93-27-28-5-3-2-4-6-28/h2-15,17-26,42,52-58,77-83H,16,27H2,1H3,(H,70,85)(H,71,84)(H,72,88)(H,73,87)(H,74,89)(H,75,86)(H,76,91)/t42-,52-,53+,54+,55-,56-,57+,58-/m1/s1. The lowest BCUT2D eigenvalue weighted by atomic mass is 9.89. The van der Waals surface area contributed by atoms with Gasteiger partial charge in [0, 0.05) is 35.2 Å². The van der Waals surface area contributed by atoms with Crippen molar-refractivity contribution in [1.29, 1.82) is 0 Å². The Morgan fingerprint density at radius 3 is 1.82 bits per heavy atom. The zero-order valence-corrected chi connectivity index (χ0v) is 51.1. The predicted molar refractivity (Wildman–Crippen MR) is 335 cm³/mol. The molecule has 14 N–H and O–H groups in total. The number of amides is 7. The number of benzene rings is 8. The summed E-state index contributed by atoms with van der Waals surface area (Å²) >= 11 is 13.8. The van der Waals surface area contributed by atoms with Crippen molar-refractivity contribution in [3.63, 3.8) is 0 Å². The number of carbonyl (C=O) groups is 8. The van der Waals surface area contributed by atoms with E-state index >= 15 is 19.2 Å². The van der Waals surface area contributed by atoms with Gasteiger partial charge in [0.15, 0.2) is 29.0 Å². The van der Waals surface area contributed by atoms with Gasteiger partial charge < -0.3 is 96.6 Å². The van der Waals surface area contributed by atoms with E-state index in [1.54, 1.807) is 30.3 Å². The number of ether oxygens (including phenoxy) is 5. The van der Waals surface area contributed by atoms with E-state index in [-0.39, 0.29) is 84.2 Å². The van der Waals surface area contributed by atoms with E-state index in [4.69, 9.17) is 46.9 Å². The van der Waals surface area contributed by atoms with Crippen molar-refractivity contribution in [2.75, 3.05) is 7.11 Å². The number of hydrogen-bond acceptors (Lipinski definition) is 20. The second kappa shape index (κ2) is 26.2. The summed E-state index contributed by atoms with van der Waals surface area (Å²) < 4.78 is 29.2. The maximum atomic E-state index is 15.9. The first kappa shape index (κ1) is 64.2. The number of phenolic OH excluding ortho intramolecular Hbond substituents is 6. The van der Waals surface area contributed by atoms with Gasteiger partial charge in [-0.1, -0.05) is 77.8 Å². The van der Waals surface area contributed by atoms with Crippen molar-refractivity contribution in [3.8, 4) is 80.1 Å². The zero-order chi connectivity index (χ0) is 68.0. The van der Waals surface area contributed by atoms with Gasteiger partial charge >= 0.3 is 12.1 Å². The number of nitrogens with one attached hydrogen (secondary N) is 7. The van der Waals surface area contributed by atoms with Gasteiger partial charge in [-0.25, -0.2) is 9.59 Å². The maximum Gasteiger partial charge on any atom is 0.408 e. The summed E-state index contributed by atoms with van der Waals surface area (Å²) in [5, 5.41) is 98.4. The van der Waals surface area contributed by atoms with Crippen molar-refractivity contribution in [2.45, 2.75) is 61.4 Å². The highest BCUT2D eigenvalue weighted by atomic mass is 35.5. The highest BCUT2D eigenvalue weighted by Gasteiger charge is 2.42. The third-order valence-corrected chi connectivity index (χ3v) is 16.7. The average Bonchev–Trinajstić information content (AvgIpc) is 0.765. The van der Waals surface area contributed by atoms with Crippen molar-refractivity contribution in [2.24, 2.45) is 0 Å². The molecule has 6 aliphatic rings. The lowest BCUT2D eigenvalue weighted by Gasteiger charge is -2.31. The fourth-order valence-electron chi connectivity index (χ4n) is 11.3. The van der Waals surface area contributed by atoms with Crippen LogP contribution in [0.15, 0.2) is 146 Å². The molecule has 6 heterocycles.